The number of hydrogen-bond donors (Lipinski definition) is 1. The second-order valence-electron chi connectivity index (χ2n) is 5.03. The molecule has 22 heavy (non-hydrogen) atoms. The number of amides is 1. The van der Waals surface area contributed by atoms with Crippen LogP contribution in [0.25, 0.3) is 0 Å². The van der Waals surface area contributed by atoms with Crippen molar-refractivity contribution in [1.82, 2.24) is 0 Å². The first-order valence-corrected chi connectivity index (χ1v) is 7.23. The van der Waals surface area contributed by atoms with Crippen molar-refractivity contribution >= 4 is 17.3 Å². The number of carbonyl (C=O) groups is 1. The van der Waals surface area contributed by atoms with Gasteiger partial charge in [-0.05, 0) is 30.7 Å². The Morgan fingerprint density at radius 3 is 2.50 bits per heavy atom. The summed E-state index contributed by atoms with van der Waals surface area (Å²) in [6.45, 7) is 2.71. The Morgan fingerprint density at radius 2 is 1.82 bits per heavy atom. The van der Waals surface area contributed by atoms with Crippen LogP contribution in [0.1, 0.15) is 12.0 Å². The third kappa shape index (κ3) is 4.35. The monoisotopic (exact) mass is 293 g/mol. The summed E-state index contributed by atoms with van der Waals surface area (Å²) in [5.41, 5.74) is 2.79. The van der Waals surface area contributed by atoms with E-state index in [1.54, 1.807) is 0 Å². The van der Waals surface area contributed by atoms with E-state index in [1.165, 1.54) is 0 Å². The van der Waals surface area contributed by atoms with E-state index in [1.807, 2.05) is 66.4 Å². The largest absolute Gasteiger partial charge is 0.361 e. The van der Waals surface area contributed by atoms with Gasteiger partial charge in [-0.15, -0.1) is 0 Å². The quantitative estimate of drug-likeness (QED) is 0.888. The normalized spacial score (nSPS) is 9.82. The lowest BCUT2D eigenvalue weighted by atomic mass is 10.2. The predicted octanol–water partition coefficient (Wildman–Crippen LogP) is 3.35. The van der Waals surface area contributed by atoms with Crippen LogP contribution >= 0.6 is 0 Å². The van der Waals surface area contributed by atoms with E-state index in [0.717, 1.165) is 16.9 Å². The summed E-state index contributed by atoms with van der Waals surface area (Å²) in [7, 11) is 0. The molecular weight excluding hydrogens is 274 g/mol. The summed E-state index contributed by atoms with van der Waals surface area (Å²) < 4.78 is 0. The number of rotatable bonds is 6. The molecule has 0 unspecified atom stereocenters. The Kier molecular flexibility index (Phi) is 5.56. The number of benzene rings is 2. The number of nitrogens with zero attached hydrogens (tertiary/aromatic N) is 2. The number of nitrogens with one attached hydrogen (secondary N) is 1. The first-order chi connectivity index (χ1) is 10.7. The van der Waals surface area contributed by atoms with Gasteiger partial charge in [0.2, 0.25) is 5.91 Å². The van der Waals surface area contributed by atoms with Crippen molar-refractivity contribution in [2.24, 2.45) is 0 Å². The molecule has 0 radical (unpaired) electrons. The minimum absolute atomic E-state index is 0.0870. The molecule has 2 aromatic rings. The molecule has 0 aliphatic rings. The van der Waals surface area contributed by atoms with Crippen LogP contribution in [0.2, 0.25) is 0 Å². The number of aryl methyl sites for hydroxylation is 1. The van der Waals surface area contributed by atoms with Crippen LogP contribution in [0.3, 0.4) is 0 Å². The molecule has 0 spiro atoms. The predicted molar refractivity (Wildman–Crippen MR) is 88.7 cm³/mol. The Morgan fingerprint density at radius 1 is 1.14 bits per heavy atom. The van der Waals surface area contributed by atoms with Crippen molar-refractivity contribution in [2.75, 3.05) is 23.3 Å². The van der Waals surface area contributed by atoms with Crippen molar-refractivity contribution in [3.8, 4) is 6.07 Å². The van der Waals surface area contributed by atoms with E-state index in [9.17, 15) is 4.79 Å². The topological polar surface area (TPSA) is 56.1 Å². The molecule has 0 atom stereocenters. The second-order valence-corrected chi connectivity index (χ2v) is 5.03. The second kappa shape index (κ2) is 7.84. The average molecular weight is 293 g/mol. The molecule has 0 saturated heterocycles. The highest BCUT2D eigenvalue weighted by Crippen LogP contribution is 2.16. The minimum Gasteiger partial charge on any atom is -0.361 e. The lowest BCUT2D eigenvalue weighted by Gasteiger charge is -2.23. The number of anilines is 2. The van der Waals surface area contributed by atoms with Gasteiger partial charge in [0.05, 0.1) is 19.0 Å². The van der Waals surface area contributed by atoms with Gasteiger partial charge in [0.1, 0.15) is 0 Å². The molecule has 1 amide bonds. The van der Waals surface area contributed by atoms with Crippen molar-refractivity contribution < 1.29 is 4.79 Å². The smallest absolute Gasteiger partial charge is 0.243 e. The summed E-state index contributed by atoms with van der Waals surface area (Å²) in [5, 5.41) is 11.7. The van der Waals surface area contributed by atoms with Crippen LogP contribution in [-0.4, -0.2) is 19.0 Å². The molecule has 1 N–H and O–H groups in total. The number of para-hydroxylation sites is 2. The minimum atomic E-state index is -0.0870. The molecule has 0 aliphatic heterocycles. The van der Waals surface area contributed by atoms with E-state index >= 15 is 0 Å². The maximum atomic E-state index is 12.3. The first kappa shape index (κ1) is 15.6. The molecule has 2 aromatic carbocycles. The molecule has 0 heterocycles. The summed E-state index contributed by atoms with van der Waals surface area (Å²) in [6.07, 6.45) is 0.381. The highest BCUT2D eigenvalue weighted by molar-refractivity contribution is 5.94. The van der Waals surface area contributed by atoms with Crippen molar-refractivity contribution in [3.05, 3.63) is 60.2 Å². The van der Waals surface area contributed by atoms with Gasteiger partial charge >= 0.3 is 0 Å². The third-order valence-corrected chi connectivity index (χ3v) is 3.37. The van der Waals surface area contributed by atoms with Gasteiger partial charge in [-0.25, -0.2) is 0 Å². The zero-order chi connectivity index (χ0) is 15.8. The van der Waals surface area contributed by atoms with Gasteiger partial charge < -0.3 is 10.2 Å². The van der Waals surface area contributed by atoms with Crippen LogP contribution < -0.4 is 10.2 Å². The maximum Gasteiger partial charge on any atom is 0.243 e. The summed E-state index contributed by atoms with van der Waals surface area (Å²) in [5.74, 6) is -0.0870. The average Bonchev–Trinajstić information content (AvgIpc) is 2.54. The maximum absolute atomic E-state index is 12.3. The lowest BCUT2D eigenvalue weighted by Crippen LogP contribution is -2.34. The molecule has 2 rings (SSSR count). The van der Waals surface area contributed by atoms with E-state index in [4.69, 9.17) is 5.26 Å². The molecule has 0 aliphatic carbocycles. The zero-order valence-electron chi connectivity index (χ0n) is 12.6. The molecule has 0 aromatic heterocycles. The highest BCUT2D eigenvalue weighted by Gasteiger charge is 2.12. The Balaban J connectivity index is 2.05. The van der Waals surface area contributed by atoms with Gasteiger partial charge in [0.25, 0.3) is 0 Å². The van der Waals surface area contributed by atoms with Crippen molar-refractivity contribution in [3.63, 3.8) is 0 Å². The summed E-state index contributed by atoms with van der Waals surface area (Å²) in [4.78, 5) is 14.2. The Labute approximate surface area is 131 Å². The standard InChI is InChI=1S/C18H19N3O/c1-15-8-5-6-11-17(15)20-18(22)14-21(13-7-12-19)16-9-3-2-4-10-16/h2-6,8-11H,7,13-14H2,1H3,(H,20,22). The fourth-order valence-electron chi connectivity index (χ4n) is 2.20. The molecule has 112 valence electrons. The highest BCUT2D eigenvalue weighted by atomic mass is 16.2. The van der Waals surface area contributed by atoms with Gasteiger partial charge in [-0.1, -0.05) is 36.4 Å². The lowest BCUT2D eigenvalue weighted by molar-refractivity contribution is -0.115. The fourth-order valence-corrected chi connectivity index (χ4v) is 2.20. The number of hydrogen-bond acceptors (Lipinski definition) is 3. The van der Waals surface area contributed by atoms with E-state index < -0.39 is 0 Å². The SMILES string of the molecule is Cc1ccccc1NC(=O)CN(CCC#N)c1ccccc1. The van der Waals surface area contributed by atoms with E-state index in [-0.39, 0.29) is 12.5 Å². The number of nitriles is 1. The van der Waals surface area contributed by atoms with Gasteiger partial charge in [-0.2, -0.15) is 5.26 Å². The van der Waals surface area contributed by atoms with Crippen LogP contribution in [0.15, 0.2) is 54.6 Å². The van der Waals surface area contributed by atoms with Gasteiger partial charge in [0, 0.05) is 17.9 Å². The summed E-state index contributed by atoms with van der Waals surface area (Å²) >= 11 is 0. The molecule has 4 heteroatoms. The molecule has 0 bridgehead atoms. The van der Waals surface area contributed by atoms with Crippen LogP contribution in [0.4, 0.5) is 11.4 Å². The molecule has 0 saturated carbocycles. The third-order valence-electron chi connectivity index (χ3n) is 3.37. The van der Waals surface area contributed by atoms with Crippen LogP contribution in [0, 0.1) is 18.3 Å². The summed E-state index contributed by atoms with van der Waals surface area (Å²) in [6, 6.07) is 19.5. The fraction of sp³-hybridized carbons (Fsp3) is 0.222. The van der Waals surface area contributed by atoms with Crippen molar-refractivity contribution in [2.45, 2.75) is 13.3 Å². The molecule has 0 fully saturated rings. The van der Waals surface area contributed by atoms with E-state index in [0.29, 0.717) is 13.0 Å². The van der Waals surface area contributed by atoms with E-state index in [2.05, 4.69) is 11.4 Å². The Bertz CT molecular complexity index is 662. The first-order valence-electron chi connectivity index (χ1n) is 7.23. The number of carbonyl (C=O) groups excluding carboxylic acids is 1. The Hall–Kier alpha value is -2.80. The van der Waals surface area contributed by atoms with Crippen LogP contribution in [0.5, 0.6) is 0 Å². The zero-order valence-corrected chi connectivity index (χ0v) is 12.6. The molecular formula is C18H19N3O. The molecule has 4 nitrogen and oxygen atoms in total. The van der Waals surface area contributed by atoms with Gasteiger partial charge in [-0.3, -0.25) is 4.79 Å². The van der Waals surface area contributed by atoms with Gasteiger partial charge in [0.15, 0.2) is 0 Å². The van der Waals surface area contributed by atoms with Crippen molar-refractivity contribution in [1.29, 1.82) is 5.26 Å². The van der Waals surface area contributed by atoms with Crippen LogP contribution in [-0.2, 0) is 4.79 Å².